The molecule has 1 aliphatic rings. The Kier molecular flexibility index (Phi) is 3.80. The summed E-state index contributed by atoms with van der Waals surface area (Å²) in [4.78, 5) is 16.7. The molecular weight excluding hydrogens is 358 g/mol. The molecule has 0 unspecified atom stereocenters. The number of aromatic nitrogens is 2. The molecule has 0 radical (unpaired) electrons. The van der Waals surface area contributed by atoms with Gasteiger partial charge in [-0.05, 0) is 24.3 Å². The maximum absolute atomic E-state index is 12.7. The summed E-state index contributed by atoms with van der Waals surface area (Å²) in [6.45, 7) is 0.918. The maximum atomic E-state index is 12.7. The van der Waals surface area contributed by atoms with Gasteiger partial charge in [0.05, 0.1) is 5.52 Å². The number of hydrogen-bond donors (Lipinski definition) is 1. The lowest BCUT2D eigenvalue weighted by atomic mass is 10.2. The van der Waals surface area contributed by atoms with E-state index in [-0.39, 0.29) is 10.9 Å². The predicted molar refractivity (Wildman–Crippen MR) is 93.7 cm³/mol. The third kappa shape index (κ3) is 2.86. The van der Waals surface area contributed by atoms with Gasteiger partial charge in [0, 0.05) is 24.2 Å². The van der Waals surface area contributed by atoms with Crippen LogP contribution in [0.4, 0.5) is 5.69 Å². The van der Waals surface area contributed by atoms with Crippen molar-refractivity contribution in [3.63, 3.8) is 0 Å². The number of hydrogen-bond acceptors (Lipinski definition) is 6. The number of nitrogens with zero attached hydrogens (tertiary/aromatic N) is 2. The second-order valence-corrected chi connectivity index (χ2v) is 7.69. The monoisotopic (exact) mass is 373 g/mol. The van der Waals surface area contributed by atoms with Crippen molar-refractivity contribution in [1.82, 2.24) is 9.38 Å². The van der Waals surface area contributed by atoms with Gasteiger partial charge in [-0.3, -0.25) is 9.20 Å². The standard InChI is InChI=1S/C17H15N3O5S/c1-26(22,23)17-19-15(12-4-2-3-7-20(12)17)16(21)18-11-5-6-13-14(10-11)25-9-8-24-13/h2-7,10H,8-9H2,1H3,(H,18,21). The molecule has 0 atom stereocenters. The first-order valence-corrected chi connectivity index (χ1v) is 9.71. The van der Waals surface area contributed by atoms with E-state index in [9.17, 15) is 13.2 Å². The zero-order valence-corrected chi connectivity index (χ0v) is 14.6. The number of carbonyl (C=O) groups is 1. The van der Waals surface area contributed by atoms with Crippen LogP contribution in [0.5, 0.6) is 11.5 Å². The molecule has 8 nitrogen and oxygen atoms in total. The molecule has 26 heavy (non-hydrogen) atoms. The van der Waals surface area contributed by atoms with E-state index in [1.54, 1.807) is 42.6 Å². The lowest BCUT2D eigenvalue weighted by molar-refractivity contribution is 0.102. The van der Waals surface area contributed by atoms with Crippen LogP contribution < -0.4 is 14.8 Å². The molecule has 0 fully saturated rings. The van der Waals surface area contributed by atoms with Crippen LogP contribution in [0.1, 0.15) is 10.5 Å². The Morgan fingerprint density at radius 2 is 1.92 bits per heavy atom. The SMILES string of the molecule is CS(=O)(=O)c1nc(C(=O)Nc2ccc3c(c2)OCCO3)c2ccccn12. The molecule has 134 valence electrons. The lowest BCUT2D eigenvalue weighted by Gasteiger charge is -2.18. The Hall–Kier alpha value is -3.07. The number of fused-ring (bicyclic) bond motifs is 2. The van der Waals surface area contributed by atoms with Crippen molar-refractivity contribution < 1.29 is 22.7 Å². The van der Waals surface area contributed by atoms with Crippen LogP contribution in [0.25, 0.3) is 5.52 Å². The van der Waals surface area contributed by atoms with Crippen molar-refractivity contribution in [2.75, 3.05) is 24.8 Å². The molecule has 0 spiro atoms. The maximum Gasteiger partial charge on any atom is 0.276 e. The highest BCUT2D eigenvalue weighted by Gasteiger charge is 2.23. The van der Waals surface area contributed by atoms with Crippen molar-refractivity contribution in [1.29, 1.82) is 0 Å². The molecule has 0 saturated carbocycles. The normalized spacial score (nSPS) is 13.6. The zero-order valence-electron chi connectivity index (χ0n) is 13.8. The van der Waals surface area contributed by atoms with Crippen LogP contribution in [0.2, 0.25) is 0 Å². The highest BCUT2D eigenvalue weighted by molar-refractivity contribution is 7.90. The quantitative estimate of drug-likeness (QED) is 0.751. The Morgan fingerprint density at radius 3 is 2.69 bits per heavy atom. The van der Waals surface area contributed by atoms with Gasteiger partial charge in [0.2, 0.25) is 15.0 Å². The molecule has 3 heterocycles. The van der Waals surface area contributed by atoms with Gasteiger partial charge in [-0.25, -0.2) is 13.4 Å². The number of benzene rings is 1. The third-order valence-corrected chi connectivity index (χ3v) is 4.81. The van der Waals surface area contributed by atoms with E-state index in [1.807, 2.05) is 0 Å². The zero-order chi connectivity index (χ0) is 18.3. The second kappa shape index (κ2) is 6.03. The number of carbonyl (C=O) groups excluding carboxylic acids is 1. The second-order valence-electron chi connectivity index (χ2n) is 5.78. The summed E-state index contributed by atoms with van der Waals surface area (Å²) in [5.74, 6) is 0.641. The van der Waals surface area contributed by atoms with Crippen LogP contribution in [0.3, 0.4) is 0 Å². The minimum absolute atomic E-state index is 0.0286. The van der Waals surface area contributed by atoms with E-state index < -0.39 is 15.7 Å². The van der Waals surface area contributed by atoms with Gasteiger partial charge in [0.15, 0.2) is 17.2 Å². The highest BCUT2D eigenvalue weighted by atomic mass is 32.2. The number of pyridine rings is 1. The fourth-order valence-electron chi connectivity index (χ4n) is 2.75. The summed E-state index contributed by atoms with van der Waals surface area (Å²) >= 11 is 0. The van der Waals surface area contributed by atoms with Gasteiger partial charge >= 0.3 is 0 Å². The third-order valence-electron chi connectivity index (χ3n) is 3.86. The fourth-order valence-corrected chi connectivity index (χ4v) is 3.52. The molecule has 1 N–H and O–H groups in total. The number of anilines is 1. The van der Waals surface area contributed by atoms with Crippen molar-refractivity contribution in [2.45, 2.75) is 5.16 Å². The largest absolute Gasteiger partial charge is 0.486 e. The van der Waals surface area contributed by atoms with Crippen LogP contribution in [0, 0.1) is 0 Å². The van der Waals surface area contributed by atoms with Gasteiger partial charge in [-0.2, -0.15) is 0 Å². The summed E-state index contributed by atoms with van der Waals surface area (Å²) in [5, 5.41) is 2.54. The van der Waals surface area contributed by atoms with E-state index >= 15 is 0 Å². The number of nitrogens with one attached hydrogen (secondary N) is 1. The lowest BCUT2D eigenvalue weighted by Crippen LogP contribution is -2.16. The number of imidazole rings is 1. The minimum Gasteiger partial charge on any atom is -0.486 e. The van der Waals surface area contributed by atoms with Gasteiger partial charge in [-0.1, -0.05) is 6.07 Å². The summed E-state index contributed by atoms with van der Waals surface area (Å²) in [6.07, 6.45) is 2.61. The molecule has 3 aromatic rings. The first-order valence-electron chi connectivity index (χ1n) is 7.81. The summed E-state index contributed by atoms with van der Waals surface area (Å²) in [6, 6.07) is 10.1. The van der Waals surface area contributed by atoms with Crippen LogP contribution in [-0.2, 0) is 9.84 Å². The van der Waals surface area contributed by atoms with E-state index in [0.717, 1.165) is 6.26 Å². The van der Waals surface area contributed by atoms with Crippen LogP contribution >= 0.6 is 0 Å². The van der Waals surface area contributed by atoms with E-state index in [2.05, 4.69) is 10.3 Å². The van der Waals surface area contributed by atoms with E-state index in [1.165, 1.54) is 4.40 Å². The molecule has 1 amide bonds. The highest BCUT2D eigenvalue weighted by Crippen LogP contribution is 2.32. The summed E-state index contributed by atoms with van der Waals surface area (Å²) < 4.78 is 36.2. The Labute approximate surface area is 149 Å². The fraction of sp³-hybridized carbons (Fsp3) is 0.176. The molecule has 1 aromatic carbocycles. The van der Waals surface area contributed by atoms with Crippen LogP contribution in [-0.4, -0.2) is 43.2 Å². The minimum atomic E-state index is -3.59. The smallest absolute Gasteiger partial charge is 0.276 e. The number of sulfone groups is 1. The Morgan fingerprint density at radius 1 is 1.15 bits per heavy atom. The Bertz CT molecular complexity index is 1120. The van der Waals surface area contributed by atoms with E-state index in [0.29, 0.717) is 35.9 Å². The molecule has 0 bridgehead atoms. The molecule has 1 aliphatic heterocycles. The summed E-state index contributed by atoms with van der Waals surface area (Å²) in [5.41, 5.74) is 0.932. The van der Waals surface area contributed by atoms with Gasteiger partial charge < -0.3 is 14.8 Å². The van der Waals surface area contributed by atoms with Crippen molar-refractivity contribution in [2.24, 2.45) is 0 Å². The van der Waals surface area contributed by atoms with Crippen molar-refractivity contribution in [3.05, 3.63) is 48.3 Å². The average molecular weight is 373 g/mol. The number of amides is 1. The molecule has 0 aliphatic carbocycles. The van der Waals surface area contributed by atoms with E-state index in [4.69, 9.17) is 9.47 Å². The molecule has 0 saturated heterocycles. The number of rotatable bonds is 3. The summed E-state index contributed by atoms with van der Waals surface area (Å²) in [7, 11) is -3.59. The van der Waals surface area contributed by atoms with Crippen LogP contribution in [0.15, 0.2) is 47.8 Å². The molecule has 9 heteroatoms. The van der Waals surface area contributed by atoms with Gasteiger partial charge in [0.25, 0.3) is 5.91 Å². The number of ether oxygens (including phenoxy) is 2. The first kappa shape index (κ1) is 16.4. The first-order chi connectivity index (χ1) is 12.4. The molecule has 2 aromatic heterocycles. The Balaban J connectivity index is 1.71. The van der Waals surface area contributed by atoms with Crippen molar-refractivity contribution in [3.8, 4) is 11.5 Å². The van der Waals surface area contributed by atoms with Gasteiger partial charge in [0.1, 0.15) is 13.2 Å². The van der Waals surface area contributed by atoms with Gasteiger partial charge in [-0.15, -0.1) is 0 Å². The predicted octanol–water partition coefficient (Wildman–Crippen LogP) is 1.76. The van der Waals surface area contributed by atoms with Crippen molar-refractivity contribution >= 4 is 26.9 Å². The average Bonchev–Trinajstić information content (AvgIpc) is 3.02. The molecular formula is C17H15N3O5S. The molecule has 4 rings (SSSR count). The topological polar surface area (TPSA) is 99.0 Å².